The normalized spacial score (nSPS) is 12.0. The fraction of sp³-hybridized carbons (Fsp3) is 0.333. The molecule has 1 aromatic heterocycles. The fourth-order valence-corrected chi connectivity index (χ4v) is 3.26. The number of nitrogens with one attached hydrogen (secondary N) is 1. The Morgan fingerprint density at radius 3 is 2.45 bits per heavy atom. The van der Waals surface area contributed by atoms with Crippen LogP contribution in [0.1, 0.15) is 37.0 Å². The number of carbonyl (C=O) groups excluding carboxylic acids is 1. The van der Waals surface area contributed by atoms with Gasteiger partial charge in [-0.3, -0.25) is 9.59 Å². The molecule has 0 unspecified atom stereocenters. The second-order valence-electron chi connectivity index (χ2n) is 7.58. The number of hydrogen-bond acceptors (Lipinski definition) is 4. The first-order valence-corrected chi connectivity index (χ1v) is 9.87. The van der Waals surface area contributed by atoms with Crippen molar-refractivity contribution in [2.45, 2.75) is 47.1 Å². The highest BCUT2D eigenvalue weighted by atomic mass is 16.5. The number of carbonyl (C=O) groups is 1. The monoisotopic (exact) mass is 393 g/mol. The third-order valence-electron chi connectivity index (χ3n) is 4.98. The average Bonchev–Trinajstić information content (AvgIpc) is 2.66. The number of amides is 1. The first-order chi connectivity index (χ1) is 13.8. The Bertz CT molecular complexity index is 1100. The van der Waals surface area contributed by atoms with Crippen LogP contribution in [0.3, 0.4) is 0 Å². The van der Waals surface area contributed by atoms with Crippen LogP contribution in [0, 0.1) is 20.8 Å². The molecule has 0 aliphatic carbocycles. The maximum Gasteiger partial charge on any atom is 0.258 e. The minimum Gasteiger partial charge on any atom is -0.476 e. The second kappa shape index (κ2) is 8.52. The van der Waals surface area contributed by atoms with Crippen LogP contribution in [-0.2, 0) is 4.79 Å². The SMILES string of the molecule is CC[C@@H](C)NC(=O)COc1c(-c2ccc(C)cc2)oc2cc(C)cc(C)c2c1=O. The minimum atomic E-state index is -0.269. The molecule has 0 saturated carbocycles. The zero-order chi connectivity index (χ0) is 21.1. The molecule has 1 heterocycles. The lowest BCUT2D eigenvalue weighted by molar-refractivity contribution is -0.123. The third kappa shape index (κ3) is 4.50. The van der Waals surface area contributed by atoms with E-state index in [4.69, 9.17) is 9.15 Å². The standard InChI is InChI=1S/C24H27NO4/c1-6-17(5)25-20(26)13-28-24-22(27)21-16(4)11-15(3)12-19(21)29-23(24)18-9-7-14(2)8-10-18/h7-12,17H,6,13H2,1-5H3,(H,25,26)/t17-/m1/s1. The summed E-state index contributed by atoms with van der Waals surface area (Å²) in [6.45, 7) is 9.49. The average molecular weight is 393 g/mol. The van der Waals surface area contributed by atoms with Crippen LogP contribution in [0.25, 0.3) is 22.3 Å². The highest BCUT2D eigenvalue weighted by Gasteiger charge is 2.20. The molecule has 0 spiro atoms. The molecule has 0 fully saturated rings. The highest BCUT2D eigenvalue weighted by molar-refractivity contribution is 5.86. The summed E-state index contributed by atoms with van der Waals surface area (Å²) < 4.78 is 11.9. The van der Waals surface area contributed by atoms with Crippen molar-refractivity contribution in [3.05, 3.63) is 63.3 Å². The smallest absolute Gasteiger partial charge is 0.258 e. The quantitative estimate of drug-likeness (QED) is 0.660. The molecule has 29 heavy (non-hydrogen) atoms. The van der Waals surface area contributed by atoms with Crippen molar-refractivity contribution < 1.29 is 13.9 Å². The summed E-state index contributed by atoms with van der Waals surface area (Å²) in [5, 5.41) is 3.32. The van der Waals surface area contributed by atoms with Crippen LogP contribution >= 0.6 is 0 Å². The van der Waals surface area contributed by atoms with Gasteiger partial charge in [-0.2, -0.15) is 0 Å². The molecular formula is C24H27NO4. The van der Waals surface area contributed by atoms with E-state index >= 15 is 0 Å². The number of aryl methyl sites for hydroxylation is 3. The minimum absolute atomic E-state index is 0.0425. The van der Waals surface area contributed by atoms with Gasteiger partial charge in [0.15, 0.2) is 12.4 Å². The largest absolute Gasteiger partial charge is 0.476 e. The molecule has 3 aromatic rings. The van der Waals surface area contributed by atoms with Crippen molar-refractivity contribution in [2.24, 2.45) is 0 Å². The summed E-state index contributed by atoms with van der Waals surface area (Å²) in [6.07, 6.45) is 0.816. The lowest BCUT2D eigenvalue weighted by Crippen LogP contribution is -2.36. The molecule has 152 valence electrons. The third-order valence-corrected chi connectivity index (χ3v) is 4.98. The van der Waals surface area contributed by atoms with Crippen LogP contribution in [0.5, 0.6) is 5.75 Å². The van der Waals surface area contributed by atoms with Crippen LogP contribution in [0.15, 0.2) is 45.6 Å². The van der Waals surface area contributed by atoms with E-state index in [1.54, 1.807) is 0 Å². The van der Waals surface area contributed by atoms with E-state index in [0.717, 1.165) is 28.7 Å². The van der Waals surface area contributed by atoms with Crippen LogP contribution in [0.4, 0.5) is 0 Å². The summed E-state index contributed by atoms with van der Waals surface area (Å²) in [5.41, 5.74) is 3.90. The van der Waals surface area contributed by atoms with Crippen molar-refractivity contribution in [2.75, 3.05) is 6.61 Å². The van der Waals surface area contributed by atoms with Gasteiger partial charge in [0.25, 0.3) is 5.91 Å². The maximum absolute atomic E-state index is 13.3. The van der Waals surface area contributed by atoms with Crippen LogP contribution < -0.4 is 15.5 Å². The van der Waals surface area contributed by atoms with Crippen molar-refractivity contribution >= 4 is 16.9 Å². The van der Waals surface area contributed by atoms with Crippen LogP contribution in [0.2, 0.25) is 0 Å². The van der Waals surface area contributed by atoms with Gasteiger partial charge in [-0.15, -0.1) is 0 Å². The van der Waals surface area contributed by atoms with E-state index < -0.39 is 0 Å². The van der Waals surface area contributed by atoms with E-state index in [9.17, 15) is 9.59 Å². The maximum atomic E-state index is 13.3. The number of benzene rings is 2. The van der Waals surface area contributed by atoms with Gasteiger partial charge in [0.05, 0.1) is 5.39 Å². The van der Waals surface area contributed by atoms with E-state index in [-0.39, 0.29) is 29.7 Å². The molecular weight excluding hydrogens is 366 g/mol. The van der Waals surface area contributed by atoms with Gasteiger partial charge in [-0.1, -0.05) is 42.8 Å². The van der Waals surface area contributed by atoms with Gasteiger partial charge in [0.1, 0.15) is 5.58 Å². The topological polar surface area (TPSA) is 68.5 Å². The molecule has 1 atom stereocenters. The number of fused-ring (bicyclic) bond motifs is 1. The van der Waals surface area contributed by atoms with Crippen molar-refractivity contribution in [3.63, 3.8) is 0 Å². The molecule has 0 radical (unpaired) electrons. The van der Waals surface area contributed by atoms with E-state index in [1.165, 1.54) is 0 Å². The molecule has 1 amide bonds. The first-order valence-electron chi connectivity index (χ1n) is 9.87. The summed E-state index contributed by atoms with van der Waals surface area (Å²) in [5.74, 6) is 0.130. The Hall–Kier alpha value is -3.08. The van der Waals surface area contributed by atoms with E-state index in [2.05, 4.69) is 5.32 Å². The number of ether oxygens (including phenoxy) is 1. The summed E-state index contributed by atoms with van der Waals surface area (Å²) in [6, 6.07) is 11.5. The van der Waals surface area contributed by atoms with Gasteiger partial charge in [0, 0.05) is 11.6 Å². The van der Waals surface area contributed by atoms with Crippen molar-refractivity contribution in [3.8, 4) is 17.1 Å². The van der Waals surface area contributed by atoms with Gasteiger partial charge in [-0.25, -0.2) is 0 Å². The van der Waals surface area contributed by atoms with E-state index in [0.29, 0.717) is 16.7 Å². The molecule has 0 aliphatic rings. The first kappa shape index (κ1) is 20.6. The predicted octanol–water partition coefficient (Wildman–Crippen LogP) is 4.68. The molecule has 5 nitrogen and oxygen atoms in total. The molecule has 5 heteroatoms. The lowest BCUT2D eigenvalue weighted by atomic mass is 10.0. The Kier molecular flexibility index (Phi) is 6.06. The zero-order valence-electron chi connectivity index (χ0n) is 17.6. The molecule has 0 saturated heterocycles. The Morgan fingerprint density at radius 1 is 1.10 bits per heavy atom. The predicted molar refractivity (Wildman–Crippen MR) is 116 cm³/mol. The zero-order valence-corrected chi connectivity index (χ0v) is 17.6. The Labute approximate surface area is 170 Å². The molecule has 2 aromatic carbocycles. The molecule has 3 rings (SSSR count). The fourth-order valence-electron chi connectivity index (χ4n) is 3.26. The highest BCUT2D eigenvalue weighted by Crippen LogP contribution is 2.32. The van der Waals surface area contributed by atoms with Crippen LogP contribution in [-0.4, -0.2) is 18.6 Å². The van der Waals surface area contributed by atoms with Crippen molar-refractivity contribution in [1.29, 1.82) is 0 Å². The van der Waals surface area contributed by atoms with Gasteiger partial charge in [0.2, 0.25) is 11.2 Å². The van der Waals surface area contributed by atoms with Crippen molar-refractivity contribution in [1.82, 2.24) is 5.32 Å². The van der Waals surface area contributed by atoms with Gasteiger partial charge < -0.3 is 14.5 Å². The van der Waals surface area contributed by atoms with Gasteiger partial charge in [-0.05, 0) is 51.3 Å². The summed E-state index contributed by atoms with van der Waals surface area (Å²) >= 11 is 0. The van der Waals surface area contributed by atoms with Gasteiger partial charge >= 0.3 is 0 Å². The molecule has 1 N–H and O–H groups in total. The summed E-state index contributed by atoms with van der Waals surface area (Å²) in [4.78, 5) is 25.5. The molecule has 0 bridgehead atoms. The molecule has 0 aliphatic heterocycles. The Balaban J connectivity index is 2.11. The lowest BCUT2D eigenvalue weighted by Gasteiger charge is -2.15. The number of rotatable bonds is 6. The summed E-state index contributed by atoms with van der Waals surface area (Å²) in [7, 11) is 0. The Morgan fingerprint density at radius 2 is 1.79 bits per heavy atom. The van der Waals surface area contributed by atoms with E-state index in [1.807, 2.05) is 71.0 Å². The number of hydrogen-bond donors (Lipinski definition) is 1. The second-order valence-corrected chi connectivity index (χ2v) is 7.58.